The van der Waals surface area contributed by atoms with Crippen LogP contribution in [-0.2, 0) is 57.1 Å². The Labute approximate surface area is 422 Å². The van der Waals surface area contributed by atoms with E-state index < -0.39 is 77.8 Å². The van der Waals surface area contributed by atoms with E-state index in [2.05, 4.69) is 0 Å². The van der Waals surface area contributed by atoms with Gasteiger partial charge < -0.3 is 53.4 Å². The van der Waals surface area contributed by atoms with Gasteiger partial charge >= 0.3 is 5.97 Å². The van der Waals surface area contributed by atoms with Crippen LogP contribution in [0.25, 0.3) is 0 Å². The molecule has 4 rings (SSSR count). The van der Waals surface area contributed by atoms with E-state index in [0.717, 1.165) is 12.0 Å². The number of ether oxygens (including phenoxy) is 7. The minimum atomic E-state index is -2.44. The van der Waals surface area contributed by atoms with Gasteiger partial charge in [-0.15, -0.1) is 0 Å². The number of hydrogen-bond donors (Lipinski definition) is 3. The highest BCUT2D eigenvalue weighted by Gasteiger charge is 2.53. The normalized spacial score (nSPS) is 35.6. The third-order valence-corrected chi connectivity index (χ3v) is 15.2. The number of esters is 1. The number of ketones is 3. The number of carbonyl (C=O) groups is 5. The summed E-state index contributed by atoms with van der Waals surface area (Å²) in [6.45, 7) is 13.6. The zero-order valence-corrected chi connectivity index (χ0v) is 44.3. The minimum absolute atomic E-state index is 0.0129. The summed E-state index contributed by atoms with van der Waals surface area (Å²) in [6, 6.07) is -1.15. The molecule has 0 aromatic carbocycles. The topological polar surface area (TPSA) is 214 Å². The van der Waals surface area contributed by atoms with Crippen molar-refractivity contribution >= 4 is 29.2 Å². The van der Waals surface area contributed by atoms with Gasteiger partial charge in [-0.2, -0.15) is 0 Å². The van der Waals surface area contributed by atoms with Gasteiger partial charge in [-0.3, -0.25) is 19.2 Å². The van der Waals surface area contributed by atoms with Crippen molar-refractivity contribution in [3.05, 3.63) is 47.6 Å². The molecule has 2 bridgehead atoms. The lowest BCUT2D eigenvalue weighted by Crippen LogP contribution is -2.61. The molecule has 2 saturated heterocycles. The number of aliphatic hydroxyl groups excluding tert-OH is 2. The molecule has 16 nitrogen and oxygen atoms in total. The van der Waals surface area contributed by atoms with Crippen LogP contribution in [0.3, 0.4) is 0 Å². The van der Waals surface area contributed by atoms with Crippen LogP contribution in [0, 0.1) is 35.5 Å². The molecule has 0 radical (unpaired) electrons. The van der Waals surface area contributed by atoms with Gasteiger partial charge in [0.15, 0.2) is 5.78 Å². The first-order valence-electron chi connectivity index (χ1n) is 26.1. The zero-order valence-electron chi connectivity index (χ0n) is 44.3. The fraction of sp³-hybridized carbons (Fsp3) is 0.764. The predicted octanol–water partition coefficient (Wildman–Crippen LogP) is 6.21. The van der Waals surface area contributed by atoms with Gasteiger partial charge in [-0.25, -0.2) is 4.79 Å². The number of piperidine rings is 1. The second-order valence-electron chi connectivity index (χ2n) is 20.8. The molecule has 0 aromatic rings. The average Bonchev–Trinajstić information content (AvgIpc) is 3.35. The van der Waals surface area contributed by atoms with E-state index in [1.165, 1.54) is 12.0 Å². The van der Waals surface area contributed by atoms with Gasteiger partial charge in [0.25, 0.3) is 11.7 Å². The van der Waals surface area contributed by atoms with Crippen LogP contribution in [0.5, 0.6) is 0 Å². The molecule has 16 heteroatoms. The first kappa shape index (κ1) is 60.1. The van der Waals surface area contributed by atoms with E-state index >= 15 is 0 Å². The van der Waals surface area contributed by atoms with Crippen LogP contribution in [0.1, 0.15) is 126 Å². The molecular weight excluding hydrogens is 915 g/mol. The maximum Gasteiger partial charge on any atom is 0.329 e. The number of allylic oxidation sites excluding steroid dienone is 6. The Morgan fingerprint density at radius 2 is 1.58 bits per heavy atom. The summed E-state index contributed by atoms with van der Waals surface area (Å²) in [7, 11) is 4.60. The Morgan fingerprint density at radius 1 is 0.831 bits per heavy atom. The molecule has 1 aliphatic carbocycles. The predicted molar refractivity (Wildman–Crippen MR) is 267 cm³/mol. The van der Waals surface area contributed by atoms with Gasteiger partial charge in [-0.05, 0) is 107 Å². The lowest BCUT2D eigenvalue weighted by atomic mass is 9.78. The summed E-state index contributed by atoms with van der Waals surface area (Å²) < 4.78 is 41.3. The quantitative estimate of drug-likeness (QED) is 0.0858. The van der Waals surface area contributed by atoms with Crippen molar-refractivity contribution < 1.29 is 72.5 Å². The van der Waals surface area contributed by atoms with Crippen LogP contribution >= 0.6 is 0 Å². The second-order valence-corrected chi connectivity index (χ2v) is 20.8. The maximum absolute atomic E-state index is 14.5. The third kappa shape index (κ3) is 17.0. The van der Waals surface area contributed by atoms with Crippen molar-refractivity contribution in [1.82, 2.24) is 4.90 Å². The Morgan fingerprint density at radius 3 is 2.27 bits per heavy atom. The summed E-state index contributed by atoms with van der Waals surface area (Å²) in [5.74, 6) is -7.99. The number of cyclic esters (lactones) is 1. The van der Waals surface area contributed by atoms with Crippen molar-refractivity contribution in [2.24, 2.45) is 35.5 Å². The number of aliphatic hydroxyl groups is 3. The Balaban J connectivity index is 1.67. The molecule has 402 valence electrons. The maximum atomic E-state index is 14.5. The van der Waals surface area contributed by atoms with Crippen LogP contribution in [-0.4, -0.2) is 158 Å². The highest BCUT2D eigenvalue weighted by Crippen LogP contribution is 2.38. The molecule has 3 fully saturated rings. The fourth-order valence-corrected chi connectivity index (χ4v) is 10.7. The first-order chi connectivity index (χ1) is 33.8. The number of Topliss-reactive ketones (excluding diaryl/α,β-unsaturated/α-hetero) is 3. The molecule has 4 aliphatic rings. The molecule has 15 atom stereocenters. The number of amides is 1. The summed E-state index contributed by atoms with van der Waals surface area (Å²) in [5, 5.41) is 32.5. The SMILES string of the molecule is CO[C@H]1C[C@@H]2CC[C@@H](C)[C@@](O)(O2)C(=O)C(=O)N2CCCC[C@H]2C(=O)O[C@H]([C@H](C)C[C@@H]2CC[C@@H](OCCOCCO)[C@H](OC)C2)CC(=O)[C@H](C)C=C(C)[C@@H](O)[C@@H](OC)C(=O)[C@H](C)C[C@H](C)C=CC=CC=C1C. The van der Waals surface area contributed by atoms with Crippen LogP contribution in [0.4, 0.5) is 0 Å². The Kier molecular flexibility index (Phi) is 24.9. The molecule has 1 saturated carbocycles. The molecule has 0 spiro atoms. The minimum Gasteiger partial charge on any atom is -0.460 e. The first-order valence-corrected chi connectivity index (χ1v) is 26.1. The molecule has 0 aromatic heterocycles. The second kappa shape index (κ2) is 29.4. The molecule has 3 N–H and O–H groups in total. The largest absolute Gasteiger partial charge is 0.460 e. The summed E-state index contributed by atoms with van der Waals surface area (Å²) in [5.41, 5.74) is 1.26. The summed E-state index contributed by atoms with van der Waals surface area (Å²) >= 11 is 0. The number of rotatable bonds is 12. The van der Waals surface area contributed by atoms with Gasteiger partial charge in [0.05, 0.1) is 50.8 Å². The Bertz CT molecular complexity index is 1860. The van der Waals surface area contributed by atoms with E-state index in [0.29, 0.717) is 76.6 Å². The lowest BCUT2D eigenvalue weighted by molar-refractivity contribution is -0.265. The number of fused-ring (bicyclic) bond motifs is 3. The summed E-state index contributed by atoms with van der Waals surface area (Å²) in [4.78, 5) is 72.4. The van der Waals surface area contributed by atoms with Crippen molar-refractivity contribution in [2.75, 3.05) is 54.3 Å². The van der Waals surface area contributed by atoms with Crippen LogP contribution in [0.15, 0.2) is 47.6 Å². The highest BCUT2D eigenvalue weighted by molar-refractivity contribution is 6.39. The highest BCUT2D eigenvalue weighted by atomic mass is 16.6. The van der Waals surface area contributed by atoms with Gasteiger partial charge in [0, 0.05) is 58.5 Å². The van der Waals surface area contributed by atoms with Crippen molar-refractivity contribution in [1.29, 1.82) is 0 Å². The van der Waals surface area contributed by atoms with E-state index in [1.807, 2.05) is 58.1 Å². The van der Waals surface area contributed by atoms with Crippen molar-refractivity contribution in [2.45, 2.75) is 180 Å². The number of carbonyl (C=O) groups excluding carboxylic acids is 5. The van der Waals surface area contributed by atoms with E-state index in [4.69, 9.17) is 38.3 Å². The van der Waals surface area contributed by atoms with Crippen LogP contribution < -0.4 is 0 Å². The number of nitrogens with zero attached hydrogens (tertiary/aromatic N) is 1. The van der Waals surface area contributed by atoms with Crippen molar-refractivity contribution in [3.63, 3.8) is 0 Å². The summed E-state index contributed by atoms with van der Waals surface area (Å²) in [6.07, 6.45) is 12.0. The molecular formula is C55H87NO15. The van der Waals surface area contributed by atoms with Gasteiger partial charge in [-0.1, -0.05) is 71.1 Å². The Hall–Kier alpha value is -3.45. The van der Waals surface area contributed by atoms with Crippen LogP contribution in [0.2, 0.25) is 0 Å². The average molecular weight is 1000 g/mol. The molecule has 1 amide bonds. The number of methoxy groups -OCH3 is 3. The fourth-order valence-electron chi connectivity index (χ4n) is 10.7. The van der Waals surface area contributed by atoms with Gasteiger partial charge in [0.2, 0.25) is 5.79 Å². The molecule has 0 unspecified atom stereocenters. The third-order valence-electron chi connectivity index (χ3n) is 15.2. The molecule has 3 aliphatic heterocycles. The standard InChI is InChI=1S/C55H87NO15/c1-34-16-12-11-13-17-35(2)46(65-8)32-42-21-19-40(7)55(64,71-42)52(61)53(62)56-23-15-14-18-43(56)54(63)70-47(33-44(58)36(3)29-39(6)50(60)51(67-10)49(59)38(5)28-34)37(4)30-41-20-22-45(48(31-41)66-9)69-27-26-68-25-24-57/h11-13,16-17,29,34,36-38,40-43,45-48,50-51,57,60,64H,14-15,18-28,30-33H2,1-10H3/t34-,36-,37-,38-,40-,41+,42+,43+,45-,46+,47+,48-,50-,51+,55-/m1/s1. The van der Waals surface area contributed by atoms with E-state index in [-0.39, 0.29) is 74.1 Å². The molecule has 71 heavy (non-hydrogen) atoms. The van der Waals surface area contributed by atoms with Crippen molar-refractivity contribution in [3.8, 4) is 0 Å². The van der Waals surface area contributed by atoms with Gasteiger partial charge in [0.1, 0.15) is 30.1 Å². The monoisotopic (exact) mass is 1000 g/mol. The smallest absolute Gasteiger partial charge is 0.329 e. The number of hydrogen-bond acceptors (Lipinski definition) is 15. The lowest BCUT2D eigenvalue weighted by Gasteiger charge is -2.42. The molecule has 3 heterocycles. The zero-order chi connectivity index (χ0) is 52.4. The van der Waals surface area contributed by atoms with E-state index in [9.17, 15) is 34.2 Å². The van der Waals surface area contributed by atoms with E-state index in [1.54, 1.807) is 41.1 Å².